The number of methoxy groups -OCH3 is 2. The number of amides is 2. The van der Waals surface area contributed by atoms with Gasteiger partial charge in [0.1, 0.15) is 0 Å². The van der Waals surface area contributed by atoms with Crippen molar-refractivity contribution in [3.8, 4) is 11.5 Å². The first-order valence-electron chi connectivity index (χ1n) is 8.26. The number of benzene rings is 2. The third kappa shape index (κ3) is 4.14. The van der Waals surface area contributed by atoms with E-state index in [0.29, 0.717) is 11.5 Å². The van der Waals surface area contributed by atoms with Gasteiger partial charge in [0.05, 0.1) is 31.0 Å². The molecule has 3 rings (SSSR count). The van der Waals surface area contributed by atoms with Crippen molar-refractivity contribution in [3.63, 3.8) is 0 Å². The maximum Gasteiger partial charge on any atom is 0.340 e. The molecule has 0 aromatic heterocycles. The standard InChI is InChI=1S/C19H18N2O7/c1-25-17(22)12-4-5-14(13(8-12)18(23)26-2)21-19(24)20-9-11-3-6-15-16(7-11)28-10-27-15/h3-8H,9-10H2,1-2H3,(H2,20,21,24). The van der Waals surface area contributed by atoms with Crippen LogP contribution in [0.25, 0.3) is 0 Å². The molecule has 9 nitrogen and oxygen atoms in total. The van der Waals surface area contributed by atoms with Gasteiger partial charge < -0.3 is 29.6 Å². The maximum atomic E-state index is 12.2. The Hall–Kier alpha value is -3.75. The van der Waals surface area contributed by atoms with Crippen molar-refractivity contribution in [1.29, 1.82) is 0 Å². The first kappa shape index (κ1) is 19.0. The molecule has 0 unspecified atom stereocenters. The van der Waals surface area contributed by atoms with Gasteiger partial charge in [-0.2, -0.15) is 0 Å². The van der Waals surface area contributed by atoms with E-state index in [2.05, 4.69) is 15.4 Å². The zero-order valence-corrected chi connectivity index (χ0v) is 15.2. The van der Waals surface area contributed by atoms with Crippen molar-refractivity contribution < 1.29 is 33.3 Å². The van der Waals surface area contributed by atoms with E-state index in [0.717, 1.165) is 5.56 Å². The van der Waals surface area contributed by atoms with E-state index in [-0.39, 0.29) is 30.2 Å². The molecular weight excluding hydrogens is 368 g/mol. The van der Waals surface area contributed by atoms with Gasteiger partial charge in [-0.3, -0.25) is 0 Å². The maximum absolute atomic E-state index is 12.2. The van der Waals surface area contributed by atoms with Crippen molar-refractivity contribution in [1.82, 2.24) is 5.32 Å². The van der Waals surface area contributed by atoms with Crippen LogP contribution >= 0.6 is 0 Å². The van der Waals surface area contributed by atoms with Gasteiger partial charge in [-0.15, -0.1) is 0 Å². The van der Waals surface area contributed by atoms with Crippen LogP contribution in [0.2, 0.25) is 0 Å². The SMILES string of the molecule is COC(=O)c1ccc(NC(=O)NCc2ccc3c(c2)OCO3)c(C(=O)OC)c1. The number of fused-ring (bicyclic) bond motifs is 1. The molecule has 146 valence electrons. The lowest BCUT2D eigenvalue weighted by Crippen LogP contribution is -2.29. The number of hydrogen-bond donors (Lipinski definition) is 2. The number of carbonyl (C=O) groups excluding carboxylic acids is 3. The summed E-state index contributed by atoms with van der Waals surface area (Å²) in [5, 5.41) is 5.25. The lowest BCUT2D eigenvalue weighted by atomic mass is 10.1. The van der Waals surface area contributed by atoms with E-state index in [1.807, 2.05) is 0 Å². The van der Waals surface area contributed by atoms with Crippen molar-refractivity contribution >= 4 is 23.7 Å². The molecular formula is C19H18N2O7. The van der Waals surface area contributed by atoms with Crippen LogP contribution in [0.15, 0.2) is 36.4 Å². The molecule has 1 aliphatic heterocycles. The summed E-state index contributed by atoms with van der Waals surface area (Å²) in [6.45, 7) is 0.404. The topological polar surface area (TPSA) is 112 Å². The van der Waals surface area contributed by atoms with E-state index >= 15 is 0 Å². The number of hydrogen-bond acceptors (Lipinski definition) is 7. The van der Waals surface area contributed by atoms with Gasteiger partial charge in [-0.25, -0.2) is 14.4 Å². The molecule has 0 bridgehead atoms. The normalized spacial score (nSPS) is 11.5. The second-order valence-corrected chi connectivity index (χ2v) is 5.74. The molecule has 0 atom stereocenters. The number of urea groups is 1. The number of carbonyl (C=O) groups is 3. The van der Waals surface area contributed by atoms with E-state index < -0.39 is 18.0 Å². The van der Waals surface area contributed by atoms with Crippen molar-refractivity contribution in [2.45, 2.75) is 6.54 Å². The summed E-state index contributed by atoms with van der Waals surface area (Å²) in [6.07, 6.45) is 0. The van der Waals surface area contributed by atoms with Crippen LogP contribution in [0, 0.1) is 0 Å². The van der Waals surface area contributed by atoms with Crippen molar-refractivity contribution in [2.24, 2.45) is 0 Å². The van der Waals surface area contributed by atoms with Crippen LogP contribution in [0.5, 0.6) is 11.5 Å². The number of nitrogens with one attached hydrogen (secondary N) is 2. The number of rotatable bonds is 5. The minimum atomic E-state index is -0.697. The van der Waals surface area contributed by atoms with Crippen LogP contribution in [0.3, 0.4) is 0 Å². The van der Waals surface area contributed by atoms with Crippen LogP contribution in [-0.4, -0.2) is 39.0 Å². The van der Waals surface area contributed by atoms with Gasteiger partial charge in [0.15, 0.2) is 11.5 Å². The third-order valence-corrected chi connectivity index (χ3v) is 3.98. The zero-order chi connectivity index (χ0) is 20.1. The summed E-state index contributed by atoms with van der Waals surface area (Å²) in [7, 11) is 2.44. The molecule has 9 heteroatoms. The van der Waals surface area contributed by atoms with E-state index in [4.69, 9.17) is 14.2 Å². The molecule has 0 aliphatic carbocycles. The van der Waals surface area contributed by atoms with Crippen LogP contribution in [-0.2, 0) is 16.0 Å². The van der Waals surface area contributed by atoms with Gasteiger partial charge in [0.2, 0.25) is 6.79 Å². The van der Waals surface area contributed by atoms with E-state index in [9.17, 15) is 14.4 Å². The predicted molar refractivity (Wildman–Crippen MR) is 97.5 cm³/mol. The second-order valence-electron chi connectivity index (χ2n) is 5.74. The highest BCUT2D eigenvalue weighted by Crippen LogP contribution is 2.32. The van der Waals surface area contributed by atoms with Gasteiger partial charge in [0, 0.05) is 6.54 Å². The van der Waals surface area contributed by atoms with Gasteiger partial charge in [0.25, 0.3) is 0 Å². The van der Waals surface area contributed by atoms with Gasteiger partial charge >= 0.3 is 18.0 Å². The summed E-state index contributed by atoms with van der Waals surface area (Å²) < 4.78 is 19.9. The molecule has 1 heterocycles. The molecule has 28 heavy (non-hydrogen) atoms. The molecule has 2 aromatic carbocycles. The van der Waals surface area contributed by atoms with Crippen LogP contribution < -0.4 is 20.1 Å². The third-order valence-electron chi connectivity index (χ3n) is 3.98. The predicted octanol–water partition coefficient (Wildman–Crippen LogP) is 2.31. The highest BCUT2D eigenvalue weighted by molar-refractivity contribution is 6.03. The fraction of sp³-hybridized carbons (Fsp3) is 0.211. The molecule has 2 amide bonds. The number of esters is 2. The Balaban J connectivity index is 1.69. The Bertz CT molecular complexity index is 926. The highest BCUT2D eigenvalue weighted by Gasteiger charge is 2.18. The summed E-state index contributed by atoms with van der Waals surface area (Å²) in [5.41, 5.74) is 1.20. The zero-order valence-electron chi connectivity index (χ0n) is 15.2. The second kappa shape index (κ2) is 8.30. The van der Waals surface area contributed by atoms with Gasteiger partial charge in [-0.05, 0) is 35.9 Å². The lowest BCUT2D eigenvalue weighted by Gasteiger charge is -2.12. The molecule has 0 radical (unpaired) electrons. The molecule has 1 aliphatic rings. The summed E-state index contributed by atoms with van der Waals surface area (Å²) in [4.78, 5) is 35.9. The summed E-state index contributed by atoms with van der Waals surface area (Å²) in [5.74, 6) is -0.0338. The highest BCUT2D eigenvalue weighted by atomic mass is 16.7. The van der Waals surface area contributed by atoms with E-state index in [1.54, 1.807) is 18.2 Å². The Morgan fingerprint density at radius 3 is 2.46 bits per heavy atom. The molecule has 2 aromatic rings. The lowest BCUT2D eigenvalue weighted by molar-refractivity contribution is 0.0600. The quantitative estimate of drug-likeness (QED) is 0.758. The first-order valence-corrected chi connectivity index (χ1v) is 8.26. The fourth-order valence-electron chi connectivity index (χ4n) is 2.58. The van der Waals surface area contributed by atoms with Crippen LogP contribution in [0.4, 0.5) is 10.5 Å². The van der Waals surface area contributed by atoms with Crippen LogP contribution in [0.1, 0.15) is 26.3 Å². The largest absolute Gasteiger partial charge is 0.465 e. The average Bonchev–Trinajstić information content (AvgIpc) is 3.19. The molecule has 0 saturated carbocycles. The Morgan fingerprint density at radius 2 is 1.71 bits per heavy atom. The fourth-order valence-corrected chi connectivity index (χ4v) is 2.58. The Morgan fingerprint density at radius 1 is 0.964 bits per heavy atom. The number of ether oxygens (including phenoxy) is 4. The number of anilines is 1. The Labute approximate surface area is 160 Å². The van der Waals surface area contributed by atoms with Crippen molar-refractivity contribution in [3.05, 3.63) is 53.1 Å². The molecule has 0 fully saturated rings. The molecule has 0 spiro atoms. The monoisotopic (exact) mass is 386 g/mol. The minimum Gasteiger partial charge on any atom is -0.465 e. The summed E-state index contributed by atoms with van der Waals surface area (Å²) in [6, 6.07) is 8.97. The minimum absolute atomic E-state index is 0.0311. The Kier molecular flexibility index (Phi) is 5.64. The molecule has 2 N–H and O–H groups in total. The van der Waals surface area contributed by atoms with Gasteiger partial charge in [-0.1, -0.05) is 6.07 Å². The van der Waals surface area contributed by atoms with Crippen molar-refractivity contribution in [2.75, 3.05) is 26.3 Å². The smallest absolute Gasteiger partial charge is 0.340 e. The average molecular weight is 386 g/mol. The first-order chi connectivity index (χ1) is 13.5. The molecule has 0 saturated heterocycles. The summed E-state index contributed by atoms with van der Waals surface area (Å²) >= 11 is 0. The van der Waals surface area contributed by atoms with E-state index in [1.165, 1.54) is 32.4 Å².